The van der Waals surface area contributed by atoms with E-state index in [0.29, 0.717) is 6.79 Å². The van der Waals surface area contributed by atoms with Crippen molar-refractivity contribution in [3.05, 3.63) is 35.9 Å². The zero-order chi connectivity index (χ0) is 13.5. The molecule has 1 aromatic rings. The largest absolute Gasteiger partial charge is 0.395 e. The number of nitrogens with zero attached hydrogens (tertiary/aromatic N) is 1. The van der Waals surface area contributed by atoms with Gasteiger partial charge in [0.25, 0.3) is 0 Å². The van der Waals surface area contributed by atoms with Gasteiger partial charge in [-0.3, -0.25) is 4.90 Å². The average Bonchev–Trinajstić information content (AvgIpc) is 2.46. The molecule has 1 aliphatic rings. The van der Waals surface area contributed by atoms with Crippen molar-refractivity contribution in [3.8, 4) is 0 Å². The van der Waals surface area contributed by atoms with Gasteiger partial charge in [-0.25, -0.2) is 0 Å². The minimum Gasteiger partial charge on any atom is -0.395 e. The van der Waals surface area contributed by atoms with E-state index >= 15 is 0 Å². The molecule has 1 aliphatic heterocycles. The van der Waals surface area contributed by atoms with E-state index in [0.717, 1.165) is 25.9 Å². The summed E-state index contributed by atoms with van der Waals surface area (Å²) in [5.74, 6) is 0. The molecule has 0 amide bonds. The van der Waals surface area contributed by atoms with Gasteiger partial charge in [0, 0.05) is 13.7 Å². The van der Waals surface area contributed by atoms with E-state index in [1.165, 1.54) is 5.56 Å². The van der Waals surface area contributed by atoms with Crippen LogP contribution in [0.4, 0.5) is 0 Å². The first kappa shape index (κ1) is 14.5. The standard InChI is InChI=1S/C15H23NO3/c1-18-12-19-15-8-5-9-16(14(15)11-17)10-13-6-3-2-4-7-13/h2-4,6-7,14-15,17H,5,8-12H2,1H3/t14-,15-/m0/s1. The van der Waals surface area contributed by atoms with Crippen LogP contribution in [0.2, 0.25) is 0 Å². The number of hydrogen-bond acceptors (Lipinski definition) is 4. The van der Waals surface area contributed by atoms with Gasteiger partial charge in [-0.1, -0.05) is 30.3 Å². The number of ether oxygens (including phenoxy) is 2. The van der Waals surface area contributed by atoms with Crippen molar-refractivity contribution in [2.24, 2.45) is 0 Å². The number of aliphatic hydroxyl groups is 1. The molecule has 4 heteroatoms. The number of piperidine rings is 1. The molecular formula is C15H23NO3. The third kappa shape index (κ3) is 4.01. The van der Waals surface area contributed by atoms with E-state index in [1.807, 2.05) is 18.2 Å². The highest BCUT2D eigenvalue weighted by Crippen LogP contribution is 2.22. The normalized spacial score (nSPS) is 24.5. The Morgan fingerprint density at radius 3 is 2.79 bits per heavy atom. The second-order valence-corrected chi connectivity index (χ2v) is 4.96. The second kappa shape index (κ2) is 7.60. The maximum absolute atomic E-state index is 9.65. The molecule has 19 heavy (non-hydrogen) atoms. The van der Waals surface area contributed by atoms with Crippen LogP contribution in [0.1, 0.15) is 18.4 Å². The highest BCUT2D eigenvalue weighted by Gasteiger charge is 2.31. The van der Waals surface area contributed by atoms with Gasteiger partial charge in [0.15, 0.2) is 0 Å². The first-order valence-electron chi connectivity index (χ1n) is 6.84. The van der Waals surface area contributed by atoms with Crippen LogP contribution < -0.4 is 0 Å². The van der Waals surface area contributed by atoms with Gasteiger partial charge in [-0.05, 0) is 24.9 Å². The zero-order valence-electron chi connectivity index (χ0n) is 11.5. The van der Waals surface area contributed by atoms with Crippen molar-refractivity contribution < 1.29 is 14.6 Å². The van der Waals surface area contributed by atoms with Gasteiger partial charge in [0.1, 0.15) is 6.79 Å². The summed E-state index contributed by atoms with van der Waals surface area (Å²) in [7, 11) is 1.62. The third-order valence-electron chi connectivity index (χ3n) is 3.65. The Hall–Kier alpha value is -0.940. The topological polar surface area (TPSA) is 41.9 Å². The fourth-order valence-corrected chi connectivity index (χ4v) is 2.69. The van der Waals surface area contributed by atoms with Gasteiger partial charge in [-0.2, -0.15) is 0 Å². The Morgan fingerprint density at radius 1 is 1.32 bits per heavy atom. The van der Waals surface area contributed by atoms with Crippen LogP contribution in [0.25, 0.3) is 0 Å². The predicted molar refractivity (Wildman–Crippen MR) is 73.7 cm³/mol. The molecule has 0 saturated carbocycles. The van der Waals surface area contributed by atoms with Crippen LogP contribution in [0.5, 0.6) is 0 Å². The fraction of sp³-hybridized carbons (Fsp3) is 0.600. The van der Waals surface area contributed by atoms with Crippen LogP contribution in [-0.2, 0) is 16.0 Å². The number of hydrogen-bond donors (Lipinski definition) is 1. The summed E-state index contributed by atoms with van der Waals surface area (Å²) in [6, 6.07) is 10.4. The van der Waals surface area contributed by atoms with E-state index < -0.39 is 0 Å². The summed E-state index contributed by atoms with van der Waals surface area (Å²) < 4.78 is 10.6. The van der Waals surface area contributed by atoms with Gasteiger partial charge in [-0.15, -0.1) is 0 Å². The van der Waals surface area contributed by atoms with Gasteiger partial charge in [0.05, 0.1) is 18.8 Å². The molecule has 4 nitrogen and oxygen atoms in total. The Labute approximate surface area is 114 Å². The highest BCUT2D eigenvalue weighted by atomic mass is 16.7. The van der Waals surface area contributed by atoms with Gasteiger partial charge >= 0.3 is 0 Å². The molecule has 106 valence electrons. The molecule has 1 N–H and O–H groups in total. The van der Waals surface area contributed by atoms with E-state index in [-0.39, 0.29) is 18.8 Å². The summed E-state index contributed by atoms with van der Waals surface area (Å²) in [5, 5.41) is 9.65. The summed E-state index contributed by atoms with van der Waals surface area (Å²) in [6.45, 7) is 2.29. The van der Waals surface area contributed by atoms with E-state index in [1.54, 1.807) is 7.11 Å². The number of benzene rings is 1. The molecule has 0 aromatic heterocycles. The van der Waals surface area contributed by atoms with Crippen molar-refractivity contribution in [2.45, 2.75) is 31.5 Å². The molecule has 1 saturated heterocycles. The maximum atomic E-state index is 9.65. The van der Waals surface area contributed by atoms with Crippen molar-refractivity contribution in [2.75, 3.05) is 27.1 Å². The lowest BCUT2D eigenvalue weighted by molar-refractivity contribution is -0.123. The number of aliphatic hydroxyl groups excluding tert-OH is 1. The predicted octanol–water partition coefficient (Wildman–Crippen LogP) is 1.63. The molecule has 2 atom stereocenters. The molecule has 1 aromatic carbocycles. The van der Waals surface area contributed by atoms with Crippen molar-refractivity contribution in [1.29, 1.82) is 0 Å². The molecule has 0 aliphatic carbocycles. The van der Waals surface area contributed by atoms with Gasteiger partial charge in [0.2, 0.25) is 0 Å². The van der Waals surface area contributed by atoms with E-state index in [9.17, 15) is 5.11 Å². The van der Waals surface area contributed by atoms with Crippen LogP contribution in [-0.4, -0.2) is 49.2 Å². The average molecular weight is 265 g/mol. The second-order valence-electron chi connectivity index (χ2n) is 4.96. The first-order chi connectivity index (χ1) is 9.35. The minimum absolute atomic E-state index is 0.0578. The number of methoxy groups -OCH3 is 1. The Kier molecular flexibility index (Phi) is 5.79. The number of likely N-dealkylation sites (tertiary alicyclic amines) is 1. The molecule has 1 fully saturated rings. The van der Waals surface area contributed by atoms with Crippen molar-refractivity contribution in [3.63, 3.8) is 0 Å². The molecule has 0 radical (unpaired) electrons. The Bertz CT molecular complexity index is 358. The third-order valence-corrected chi connectivity index (χ3v) is 3.65. The molecule has 2 rings (SSSR count). The molecule has 0 spiro atoms. The molecule has 1 heterocycles. The minimum atomic E-state index is 0.0578. The Balaban J connectivity index is 1.98. The summed E-state index contributed by atoms with van der Waals surface area (Å²) in [4.78, 5) is 2.30. The summed E-state index contributed by atoms with van der Waals surface area (Å²) >= 11 is 0. The monoisotopic (exact) mass is 265 g/mol. The SMILES string of the molecule is COCO[C@H]1CCCN(Cc2ccccc2)[C@H]1CO. The zero-order valence-corrected chi connectivity index (χ0v) is 11.5. The number of rotatable bonds is 6. The van der Waals surface area contributed by atoms with Crippen molar-refractivity contribution in [1.82, 2.24) is 4.90 Å². The Morgan fingerprint density at radius 2 is 2.11 bits per heavy atom. The lowest BCUT2D eigenvalue weighted by Crippen LogP contribution is -2.51. The van der Waals surface area contributed by atoms with Crippen LogP contribution in [0, 0.1) is 0 Å². The summed E-state index contributed by atoms with van der Waals surface area (Å²) in [5.41, 5.74) is 1.27. The van der Waals surface area contributed by atoms with E-state index in [2.05, 4.69) is 17.0 Å². The van der Waals surface area contributed by atoms with E-state index in [4.69, 9.17) is 9.47 Å². The summed E-state index contributed by atoms with van der Waals surface area (Å²) in [6.07, 6.45) is 2.14. The van der Waals surface area contributed by atoms with Crippen LogP contribution >= 0.6 is 0 Å². The van der Waals surface area contributed by atoms with Gasteiger partial charge < -0.3 is 14.6 Å². The quantitative estimate of drug-likeness (QED) is 0.794. The first-order valence-corrected chi connectivity index (χ1v) is 6.84. The van der Waals surface area contributed by atoms with Crippen molar-refractivity contribution >= 4 is 0 Å². The van der Waals surface area contributed by atoms with Crippen LogP contribution in [0.15, 0.2) is 30.3 Å². The highest BCUT2D eigenvalue weighted by molar-refractivity contribution is 5.14. The molecular weight excluding hydrogens is 242 g/mol. The molecule has 0 unspecified atom stereocenters. The molecule has 0 bridgehead atoms. The smallest absolute Gasteiger partial charge is 0.146 e. The lowest BCUT2D eigenvalue weighted by atomic mass is 9.98. The lowest BCUT2D eigenvalue weighted by Gasteiger charge is -2.40. The van der Waals surface area contributed by atoms with Crippen LogP contribution in [0.3, 0.4) is 0 Å². The fourth-order valence-electron chi connectivity index (χ4n) is 2.69. The maximum Gasteiger partial charge on any atom is 0.146 e.